The number of rotatable bonds is 2. The van der Waals surface area contributed by atoms with Crippen LogP contribution in [0, 0.1) is 0 Å². The molecule has 0 unspecified atom stereocenters. The van der Waals surface area contributed by atoms with Crippen LogP contribution in [0.1, 0.15) is 17.7 Å². The Labute approximate surface area is 125 Å². The summed E-state index contributed by atoms with van der Waals surface area (Å²) in [5.74, 6) is 0.162. The minimum absolute atomic E-state index is 0.162. The van der Waals surface area contributed by atoms with E-state index < -0.39 is 0 Å². The van der Waals surface area contributed by atoms with Crippen LogP contribution in [0.5, 0.6) is 0 Å². The van der Waals surface area contributed by atoms with Crippen molar-refractivity contribution in [2.45, 2.75) is 19.4 Å². The third-order valence-corrected chi connectivity index (χ3v) is 4.03. The van der Waals surface area contributed by atoms with E-state index in [0.29, 0.717) is 17.7 Å². The summed E-state index contributed by atoms with van der Waals surface area (Å²) < 4.78 is 0.679. The van der Waals surface area contributed by atoms with E-state index in [1.54, 1.807) is 4.90 Å². The zero-order chi connectivity index (χ0) is 14.3. The Hall–Kier alpha value is -1.66. The number of amides is 1. The van der Waals surface area contributed by atoms with Gasteiger partial charge < -0.3 is 15.6 Å². The third kappa shape index (κ3) is 2.14. The number of aryl methyl sites for hydroxylation is 1. The van der Waals surface area contributed by atoms with Crippen molar-refractivity contribution in [3.63, 3.8) is 0 Å². The Kier molecular flexibility index (Phi) is 3.35. The van der Waals surface area contributed by atoms with Gasteiger partial charge in [0.1, 0.15) is 0 Å². The highest BCUT2D eigenvalue weighted by molar-refractivity contribution is 9.10. The average Bonchev–Trinajstić information content (AvgIpc) is 2.84. The van der Waals surface area contributed by atoms with Crippen molar-refractivity contribution in [1.29, 1.82) is 0 Å². The molecule has 1 aromatic carbocycles. The lowest BCUT2D eigenvalue weighted by Crippen LogP contribution is -2.30. The Morgan fingerprint density at radius 2 is 2.25 bits per heavy atom. The Balaban J connectivity index is 2.07. The van der Waals surface area contributed by atoms with E-state index >= 15 is 0 Å². The molecule has 3 N–H and O–H groups in total. The highest BCUT2D eigenvalue weighted by Gasteiger charge is 2.21. The molecular formula is C14H15BrN4O. The maximum Gasteiger partial charge on any atom is 0.227 e. The minimum atomic E-state index is 0.162. The second-order valence-corrected chi connectivity index (χ2v) is 5.61. The van der Waals surface area contributed by atoms with E-state index in [0.717, 1.165) is 29.1 Å². The average molecular weight is 335 g/mol. The van der Waals surface area contributed by atoms with E-state index in [2.05, 4.69) is 32.0 Å². The summed E-state index contributed by atoms with van der Waals surface area (Å²) in [6, 6.07) is 6.06. The summed E-state index contributed by atoms with van der Waals surface area (Å²) >= 11 is 3.34. The molecule has 3 rings (SSSR count). The molecule has 1 aliphatic rings. The maximum absolute atomic E-state index is 11.7. The molecule has 0 bridgehead atoms. The first-order chi connectivity index (χ1) is 9.60. The van der Waals surface area contributed by atoms with Gasteiger partial charge in [0.25, 0.3) is 0 Å². The number of halogens is 1. The molecule has 1 aromatic heterocycles. The highest BCUT2D eigenvalue weighted by atomic mass is 79.9. The smallest absolute Gasteiger partial charge is 0.227 e. The van der Waals surface area contributed by atoms with E-state index in [4.69, 9.17) is 5.73 Å². The van der Waals surface area contributed by atoms with E-state index in [1.807, 2.05) is 19.2 Å². The van der Waals surface area contributed by atoms with Crippen LogP contribution in [0.15, 0.2) is 22.9 Å². The monoisotopic (exact) mass is 334 g/mol. The fourth-order valence-electron chi connectivity index (χ4n) is 2.57. The first-order valence-electron chi connectivity index (χ1n) is 6.44. The van der Waals surface area contributed by atoms with Crippen molar-refractivity contribution in [2.24, 2.45) is 5.73 Å². The summed E-state index contributed by atoms with van der Waals surface area (Å²) in [7, 11) is 1.82. The highest BCUT2D eigenvalue weighted by Crippen LogP contribution is 2.32. The first kappa shape index (κ1) is 13.3. The number of carbonyl (C=O) groups excluding carboxylic acids is 1. The lowest BCUT2D eigenvalue weighted by atomic mass is 9.97. The molecule has 104 valence electrons. The number of aromatic nitrogens is 2. The molecule has 1 amide bonds. The van der Waals surface area contributed by atoms with Crippen molar-refractivity contribution in [1.82, 2.24) is 9.97 Å². The number of anilines is 1. The number of benzene rings is 1. The first-order valence-corrected chi connectivity index (χ1v) is 7.23. The van der Waals surface area contributed by atoms with Gasteiger partial charge in [-0.25, -0.2) is 4.98 Å². The quantitative estimate of drug-likeness (QED) is 0.884. The molecular weight excluding hydrogens is 320 g/mol. The predicted octanol–water partition coefficient (Wildman–Crippen LogP) is 2.21. The standard InChI is InChI=1S/C14H15BrN4O/c1-19-11-4-2-9(6-8(11)3-5-12(19)20)13-10(7-16)17-14(15)18-13/h2,4,6H,3,5,7,16H2,1H3,(H,17,18). The number of nitrogens with zero attached hydrogens (tertiary/aromatic N) is 2. The van der Waals surface area contributed by atoms with Crippen LogP contribution in [0.4, 0.5) is 5.69 Å². The number of H-pyrrole nitrogens is 1. The SMILES string of the molecule is CN1C(=O)CCc2cc(-c3nc(Br)[nH]c3CN)ccc21. The molecule has 5 nitrogen and oxygen atoms in total. The number of imidazole rings is 1. The molecule has 1 aliphatic heterocycles. The van der Waals surface area contributed by atoms with Gasteiger partial charge in [0.05, 0.1) is 11.4 Å². The Bertz CT molecular complexity index is 680. The van der Waals surface area contributed by atoms with Crippen molar-refractivity contribution >= 4 is 27.5 Å². The molecule has 6 heteroatoms. The lowest BCUT2D eigenvalue weighted by Gasteiger charge is -2.26. The molecule has 0 saturated carbocycles. The number of nitrogens with two attached hydrogens (primary N) is 1. The molecule has 20 heavy (non-hydrogen) atoms. The largest absolute Gasteiger partial charge is 0.335 e. The zero-order valence-corrected chi connectivity index (χ0v) is 12.7. The van der Waals surface area contributed by atoms with Crippen LogP contribution >= 0.6 is 15.9 Å². The van der Waals surface area contributed by atoms with Crippen molar-refractivity contribution in [3.05, 3.63) is 34.2 Å². The number of hydrogen-bond acceptors (Lipinski definition) is 3. The van der Waals surface area contributed by atoms with Gasteiger partial charge in [0.15, 0.2) is 4.73 Å². The second kappa shape index (κ2) is 5.03. The maximum atomic E-state index is 11.7. The molecule has 0 spiro atoms. The predicted molar refractivity (Wildman–Crippen MR) is 81.3 cm³/mol. The van der Waals surface area contributed by atoms with Crippen molar-refractivity contribution < 1.29 is 4.79 Å². The number of aromatic amines is 1. The van der Waals surface area contributed by atoms with Gasteiger partial charge in [-0.3, -0.25) is 4.79 Å². The number of hydrogen-bond donors (Lipinski definition) is 2. The summed E-state index contributed by atoms with van der Waals surface area (Å²) in [5.41, 5.74) is 10.7. The Morgan fingerprint density at radius 3 is 3.00 bits per heavy atom. The molecule has 0 fully saturated rings. The Morgan fingerprint density at radius 1 is 1.45 bits per heavy atom. The number of nitrogens with one attached hydrogen (secondary N) is 1. The summed E-state index contributed by atoms with van der Waals surface area (Å²) in [6.07, 6.45) is 1.33. The van der Waals surface area contributed by atoms with Gasteiger partial charge in [-0.2, -0.15) is 0 Å². The molecule has 0 atom stereocenters. The molecule has 0 saturated heterocycles. The van der Waals surface area contributed by atoms with Crippen LogP contribution in [-0.2, 0) is 17.8 Å². The molecule has 2 aromatic rings. The van der Waals surface area contributed by atoms with Crippen LogP contribution in [0.25, 0.3) is 11.3 Å². The summed E-state index contributed by atoms with van der Waals surface area (Å²) in [6.45, 7) is 0.406. The fraction of sp³-hybridized carbons (Fsp3) is 0.286. The van der Waals surface area contributed by atoms with Gasteiger partial charge in [-0.1, -0.05) is 6.07 Å². The van der Waals surface area contributed by atoms with Crippen molar-refractivity contribution in [3.8, 4) is 11.3 Å². The molecule has 0 radical (unpaired) electrons. The van der Waals surface area contributed by atoms with E-state index in [9.17, 15) is 4.79 Å². The molecule has 0 aliphatic carbocycles. The van der Waals surface area contributed by atoms with Crippen molar-refractivity contribution in [2.75, 3.05) is 11.9 Å². The van der Waals surface area contributed by atoms with Gasteiger partial charge in [0.2, 0.25) is 5.91 Å². The van der Waals surface area contributed by atoms with Crippen LogP contribution < -0.4 is 10.6 Å². The number of fused-ring (bicyclic) bond motifs is 1. The van der Waals surface area contributed by atoms with Crippen LogP contribution in [0.3, 0.4) is 0 Å². The van der Waals surface area contributed by atoms with Crippen LogP contribution in [-0.4, -0.2) is 22.9 Å². The van der Waals surface area contributed by atoms with Gasteiger partial charge >= 0.3 is 0 Å². The summed E-state index contributed by atoms with van der Waals surface area (Å²) in [5, 5.41) is 0. The zero-order valence-electron chi connectivity index (χ0n) is 11.1. The van der Waals surface area contributed by atoms with Crippen LogP contribution in [0.2, 0.25) is 0 Å². The van der Waals surface area contributed by atoms with Gasteiger partial charge in [-0.05, 0) is 40.0 Å². The van der Waals surface area contributed by atoms with E-state index in [-0.39, 0.29) is 5.91 Å². The minimum Gasteiger partial charge on any atom is -0.335 e. The number of carbonyl (C=O) groups is 1. The second-order valence-electron chi connectivity index (χ2n) is 4.86. The third-order valence-electron chi connectivity index (χ3n) is 3.65. The lowest BCUT2D eigenvalue weighted by molar-refractivity contribution is -0.118. The topological polar surface area (TPSA) is 75.0 Å². The molecule has 2 heterocycles. The van der Waals surface area contributed by atoms with E-state index in [1.165, 1.54) is 5.56 Å². The summed E-state index contributed by atoms with van der Waals surface area (Å²) in [4.78, 5) is 21.0. The normalized spacial score (nSPS) is 14.6. The fourth-order valence-corrected chi connectivity index (χ4v) is 2.98. The van der Waals surface area contributed by atoms with Gasteiger partial charge in [-0.15, -0.1) is 0 Å². The van der Waals surface area contributed by atoms with Gasteiger partial charge in [0, 0.05) is 31.3 Å².